The van der Waals surface area contributed by atoms with Crippen molar-refractivity contribution in [3.05, 3.63) is 0 Å². The first-order valence-electron chi connectivity index (χ1n) is 7.11. The number of likely N-dealkylation sites (tertiary alicyclic amines) is 1. The van der Waals surface area contributed by atoms with E-state index in [1.54, 1.807) is 20.8 Å². The number of piperidine rings is 1. The van der Waals surface area contributed by atoms with Gasteiger partial charge in [-0.15, -0.1) is 0 Å². The summed E-state index contributed by atoms with van der Waals surface area (Å²) in [6.45, 7) is 7.57. The van der Waals surface area contributed by atoms with E-state index >= 15 is 0 Å². The predicted octanol–water partition coefficient (Wildman–Crippen LogP) is 1.22. The molecule has 1 fully saturated rings. The third-order valence-electron chi connectivity index (χ3n) is 3.17. The molecule has 0 aromatic heterocycles. The third-order valence-corrected chi connectivity index (χ3v) is 3.17. The van der Waals surface area contributed by atoms with E-state index in [1.165, 1.54) is 11.8 Å². The summed E-state index contributed by atoms with van der Waals surface area (Å²) in [4.78, 5) is 36.3. The standard InChI is InChI=1S/C14H24N2O5/c1-9(12(18)19)15-11(17)10-6-5-7-16(8-10)13(20)21-14(2,3)4/h9-10H,5-8H2,1-4H3,(H,15,17)(H,18,19)/t9-,10-/m0/s1. The van der Waals surface area contributed by atoms with Gasteiger partial charge in [0.2, 0.25) is 5.91 Å². The molecule has 2 N–H and O–H groups in total. The van der Waals surface area contributed by atoms with Crippen LogP contribution in [-0.2, 0) is 14.3 Å². The number of nitrogens with zero attached hydrogens (tertiary/aromatic N) is 1. The summed E-state index contributed by atoms with van der Waals surface area (Å²) in [7, 11) is 0. The SMILES string of the molecule is C[C@H](NC(=O)[C@H]1CCCN(C(=O)OC(C)(C)C)C1)C(=O)O. The van der Waals surface area contributed by atoms with Gasteiger partial charge in [-0.05, 0) is 40.5 Å². The molecule has 0 aliphatic carbocycles. The van der Waals surface area contributed by atoms with Gasteiger partial charge in [0.05, 0.1) is 5.92 Å². The van der Waals surface area contributed by atoms with Gasteiger partial charge in [0, 0.05) is 13.1 Å². The van der Waals surface area contributed by atoms with Crippen molar-refractivity contribution in [3.8, 4) is 0 Å². The number of nitrogens with one attached hydrogen (secondary N) is 1. The van der Waals surface area contributed by atoms with Crippen LogP contribution in [0, 0.1) is 5.92 Å². The molecular weight excluding hydrogens is 276 g/mol. The van der Waals surface area contributed by atoms with E-state index in [0.29, 0.717) is 19.4 Å². The highest BCUT2D eigenvalue weighted by Gasteiger charge is 2.31. The van der Waals surface area contributed by atoms with Gasteiger partial charge in [-0.2, -0.15) is 0 Å². The van der Waals surface area contributed by atoms with Gasteiger partial charge in [-0.1, -0.05) is 0 Å². The largest absolute Gasteiger partial charge is 0.480 e. The minimum atomic E-state index is -1.08. The third kappa shape index (κ3) is 5.61. The van der Waals surface area contributed by atoms with Crippen molar-refractivity contribution in [2.75, 3.05) is 13.1 Å². The van der Waals surface area contributed by atoms with Gasteiger partial charge in [0.15, 0.2) is 0 Å². The fourth-order valence-corrected chi connectivity index (χ4v) is 2.08. The van der Waals surface area contributed by atoms with Crippen LogP contribution >= 0.6 is 0 Å². The number of rotatable bonds is 3. The first-order valence-corrected chi connectivity index (χ1v) is 7.11. The number of ether oxygens (including phenoxy) is 1. The Kier molecular flexibility index (Phi) is 5.57. The Balaban J connectivity index is 2.57. The van der Waals surface area contributed by atoms with Crippen molar-refractivity contribution < 1.29 is 24.2 Å². The lowest BCUT2D eigenvalue weighted by Crippen LogP contribution is -2.49. The van der Waals surface area contributed by atoms with E-state index in [0.717, 1.165) is 0 Å². The number of hydrogen-bond donors (Lipinski definition) is 2. The molecule has 1 heterocycles. The molecule has 1 aliphatic heterocycles. The van der Waals surface area contributed by atoms with Gasteiger partial charge in [0.1, 0.15) is 11.6 Å². The van der Waals surface area contributed by atoms with Crippen molar-refractivity contribution in [2.24, 2.45) is 5.92 Å². The fraction of sp³-hybridized carbons (Fsp3) is 0.786. The quantitative estimate of drug-likeness (QED) is 0.817. The molecule has 0 aromatic rings. The molecule has 120 valence electrons. The number of carboxylic acids is 1. The molecule has 0 spiro atoms. The van der Waals surface area contributed by atoms with Crippen LogP contribution in [0.5, 0.6) is 0 Å². The zero-order valence-electron chi connectivity index (χ0n) is 13.0. The van der Waals surface area contributed by atoms with Gasteiger partial charge < -0.3 is 20.1 Å². The van der Waals surface area contributed by atoms with E-state index in [2.05, 4.69) is 5.32 Å². The highest BCUT2D eigenvalue weighted by molar-refractivity contribution is 5.85. The molecule has 2 amide bonds. The van der Waals surface area contributed by atoms with Crippen LogP contribution in [0.1, 0.15) is 40.5 Å². The number of aliphatic carboxylic acids is 1. The number of carbonyl (C=O) groups excluding carboxylic acids is 2. The van der Waals surface area contributed by atoms with Crippen LogP contribution in [0.25, 0.3) is 0 Å². The lowest BCUT2D eigenvalue weighted by atomic mass is 9.97. The number of carboxylic acid groups (broad SMARTS) is 1. The Bertz CT molecular complexity index is 416. The second-order valence-corrected chi connectivity index (χ2v) is 6.33. The Morgan fingerprint density at radius 2 is 1.95 bits per heavy atom. The molecule has 0 unspecified atom stereocenters. The molecule has 0 radical (unpaired) electrons. The van der Waals surface area contributed by atoms with Crippen molar-refractivity contribution in [2.45, 2.75) is 52.2 Å². The molecule has 1 aliphatic rings. The van der Waals surface area contributed by atoms with Gasteiger partial charge in [-0.25, -0.2) is 4.79 Å². The predicted molar refractivity (Wildman–Crippen MR) is 75.8 cm³/mol. The summed E-state index contributed by atoms with van der Waals surface area (Å²) >= 11 is 0. The van der Waals surface area contributed by atoms with E-state index in [4.69, 9.17) is 9.84 Å². The molecule has 7 nitrogen and oxygen atoms in total. The van der Waals surface area contributed by atoms with E-state index in [-0.39, 0.29) is 12.5 Å². The van der Waals surface area contributed by atoms with Gasteiger partial charge in [-0.3, -0.25) is 9.59 Å². The maximum absolute atomic E-state index is 12.0. The van der Waals surface area contributed by atoms with Crippen LogP contribution < -0.4 is 5.32 Å². The van der Waals surface area contributed by atoms with E-state index in [9.17, 15) is 14.4 Å². The Morgan fingerprint density at radius 3 is 2.48 bits per heavy atom. The summed E-state index contributed by atoms with van der Waals surface area (Å²) in [6.07, 6.45) is 0.891. The normalized spacial score (nSPS) is 20.6. The Hall–Kier alpha value is -1.79. The summed E-state index contributed by atoms with van der Waals surface area (Å²) in [5.74, 6) is -1.81. The average Bonchev–Trinajstić information content (AvgIpc) is 2.36. The highest BCUT2D eigenvalue weighted by Crippen LogP contribution is 2.19. The van der Waals surface area contributed by atoms with Gasteiger partial charge >= 0.3 is 12.1 Å². The molecule has 0 aromatic carbocycles. The number of carbonyl (C=O) groups is 3. The minimum absolute atomic E-state index is 0.257. The second kappa shape index (κ2) is 6.78. The molecule has 1 saturated heterocycles. The zero-order valence-corrected chi connectivity index (χ0v) is 13.0. The van der Waals surface area contributed by atoms with Crippen LogP contribution in [0.2, 0.25) is 0 Å². The molecule has 21 heavy (non-hydrogen) atoms. The zero-order chi connectivity index (χ0) is 16.2. The molecule has 7 heteroatoms. The minimum Gasteiger partial charge on any atom is -0.480 e. The van der Waals surface area contributed by atoms with Gasteiger partial charge in [0.25, 0.3) is 0 Å². The van der Waals surface area contributed by atoms with Crippen molar-refractivity contribution in [3.63, 3.8) is 0 Å². The Labute approximate surface area is 124 Å². The monoisotopic (exact) mass is 300 g/mol. The van der Waals surface area contributed by atoms with Crippen LogP contribution in [0.3, 0.4) is 0 Å². The van der Waals surface area contributed by atoms with Crippen LogP contribution in [0.4, 0.5) is 4.79 Å². The molecule has 2 atom stereocenters. The maximum atomic E-state index is 12.0. The first kappa shape index (κ1) is 17.3. The van der Waals surface area contributed by atoms with Crippen molar-refractivity contribution >= 4 is 18.0 Å². The average molecular weight is 300 g/mol. The van der Waals surface area contributed by atoms with Crippen LogP contribution in [0.15, 0.2) is 0 Å². The van der Waals surface area contributed by atoms with E-state index in [1.807, 2.05) is 0 Å². The summed E-state index contributed by atoms with van der Waals surface area (Å²) in [5.41, 5.74) is -0.579. The molecular formula is C14H24N2O5. The maximum Gasteiger partial charge on any atom is 0.410 e. The summed E-state index contributed by atoms with van der Waals surface area (Å²) in [5, 5.41) is 11.2. The topological polar surface area (TPSA) is 95.9 Å². The van der Waals surface area contributed by atoms with Crippen molar-refractivity contribution in [1.82, 2.24) is 10.2 Å². The smallest absolute Gasteiger partial charge is 0.410 e. The number of hydrogen-bond acceptors (Lipinski definition) is 4. The summed E-state index contributed by atoms with van der Waals surface area (Å²) in [6, 6.07) is -0.936. The summed E-state index contributed by atoms with van der Waals surface area (Å²) < 4.78 is 5.29. The lowest BCUT2D eigenvalue weighted by molar-refractivity contribution is -0.142. The van der Waals surface area contributed by atoms with Crippen molar-refractivity contribution in [1.29, 1.82) is 0 Å². The molecule has 0 saturated carbocycles. The fourth-order valence-electron chi connectivity index (χ4n) is 2.08. The Morgan fingerprint density at radius 1 is 1.33 bits per heavy atom. The number of amides is 2. The molecule has 1 rings (SSSR count). The second-order valence-electron chi connectivity index (χ2n) is 6.33. The van der Waals surface area contributed by atoms with E-state index < -0.39 is 29.6 Å². The van der Waals surface area contributed by atoms with Crippen LogP contribution in [-0.4, -0.2) is 52.7 Å². The lowest BCUT2D eigenvalue weighted by Gasteiger charge is -2.33. The first-order chi connectivity index (χ1) is 9.60. The molecule has 0 bridgehead atoms. The highest BCUT2D eigenvalue weighted by atomic mass is 16.6.